The summed E-state index contributed by atoms with van der Waals surface area (Å²) in [7, 11) is 0. The number of amidine groups is 1. The molecule has 0 saturated carbocycles. The highest BCUT2D eigenvalue weighted by molar-refractivity contribution is 5.83. The van der Waals surface area contributed by atoms with Gasteiger partial charge in [0.15, 0.2) is 12.4 Å². The van der Waals surface area contributed by atoms with Crippen molar-refractivity contribution in [1.82, 2.24) is 4.90 Å². The Kier molecular flexibility index (Phi) is 3.20. The van der Waals surface area contributed by atoms with Gasteiger partial charge in [-0.2, -0.15) is 0 Å². The monoisotopic (exact) mass is 240 g/mol. The summed E-state index contributed by atoms with van der Waals surface area (Å²) >= 11 is 0. The number of rotatable bonds is 1. The van der Waals surface area contributed by atoms with E-state index >= 15 is 0 Å². The summed E-state index contributed by atoms with van der Waals surface area (Å²) in [6, 6.07) is 0. The molecule has 0 aliphatic carbocycles. The molecule has 17 heavy (non-hydrogen) atoms. The molecular weight excluding hydrogens is 220 g/mol. The van der Waals surface area contributed by atoms with Gasteiger partial charge in [0.05, 0.1) is 19.6 Å². The molecule has 5 nitrogen and oxygen atoms in total. The number of nitrogens with zero attached hydrogens (tertiary/aromatic N) is 2. The molecule has 0 aromatic rings. The van der Waals surface area contributed by atoms with Crippen molar-refractivity contribution in [2.75, 3.05) is 26.3 Å². The SMILES string of the molecule is CC1CCN(C2=NOC(C3OCCO3)C2)CC1. The highest BCUT2D eigenvalue weighted by atomic mass is 16.8. The number of likely N-dealkylation sites (tertiary alicyclic amines) is 1. The summed E-state index contributed by atoms with van der Waals surface area (Å²) in [5.41, 5.74) is 0. The van der Waals surface area contributed by atoms with Crippen molar-refractivity contribution >= 4 is 5.84 Å². The second-order valence-corrected chi connectivity index (χ2v) is 5.14. The molecule has 3 aliphatic rings. The van der Waals surface area contributed by atoms with Gasteiger partial charge in [-0.3, -0.25) is 0 Å². The third-order valence-corrected chi connectivity index (χ3v) is 3.78. The third-order valence-electron chi connectivity index (χ3n) is 3.78. The van der Waals surface area contributed by atoms with Gasteiger partial charge in [0.2, 0.25) is 0 Å². The van der Waals surface area contributed by atoms with E-state index in [1.807, 2.05) is 0 Å². The van der Waals surface area contributed by atoms with Gasteiger partial charge in [0.1, 0.15) is 5.84 Å². The van der Waals surface area contributed by atoms with Crippen LogP contribution in [-0.4, -0.2) is 49.4 Å². The van der Waals surface area contributed by atoms with E-state index in [1.165, 1.54) is 12.8 Å². The van der Waals surface area contributed by atoms with E-state index in [1.54, 1.807) is 0 Å². The first kappa shape index (κ1) is 11.3. The summed E-state index contributed by atoms with van der Waals surface area (Å²) in [5, 5.41) is 4.19. The maximum absolute atomic E-state index is 5.45. The van der Waals surface area contributed by atoms with Crippen molar-refractivity contribution in [3.05, 3.63) is 0 Å². The fourth-order valence-corrected chi connectivity index (χ4v) is 2.57. The smallest absolute Gasteiger partial charge is 0.198 e. The van der Waals surface area contributed by atoms with Crippen molar-refractivity contribution in [2.24, 2.45) is 11.1 Å². The van der Waals surface area contributed by atoms with Crippen molar-refractivity contribution in [3.8, 4) is 0 Å². The Labute approximate surface area is 102 Å². The predicted octanol–water partition coefficient (Wildman–Crippen LogP) is 1.19. The molecule has 0 N–H and O–H groups in total. The highest BCUT2D eigenvalue weighted by Crippen LogP contribution is 2.24. The van der Waals surface area contributed by atoms with Crippen LogP contribution in [0.2, 0.25) is 0 Å². The van der Waals surface area contributed by atoms with Crippen molar-refractivity contribution in [1.29, 1.82) is 0 Å². The van der Waals surface area contributed by atoms with Crippen LogP contribution in [0.4, 0.5) is 0 Å². The zero-order chi connectivity index (χ0) is 11.7. The maximum Gasteiger partial charge on any atom is 0.198 e. The molecule has 2 saturated heterocycles. The molecule has 0 radical (unpaired) electrons. The lowest BCUT2D eigenvalue weighted by Crippen LogP contribution is -2.38. The normalized spacial score (nSPS) is 31.7. The fraction of sp³-hybridized carbons (Fsp3) is 0.917. The van der Waals surface area contributed by atoms with Crippen LogP contribution in [0, 0.1) is 5.92 Å². The quantitative estimate of drug-likeness (QED) is 0.690. The minimum atomic E-state index is -0.222. The maximum atomic E-state index is 5.45. The molecule has 0 aromatic heterocycles. The summed E-state index contributed by atoms with van der Waals surface area (Å²) in [5.74, 6) is 1.91. The molecule has 3 heterocycles. The van der Waals surface area contributed by atoms with Gasteiger partial charge < -0.3 is 19.2 Å². The zero-order valence-corrected chi connectivity index (χ0v) is 10.3. The Balaban J connectivity index is 1.52. The standard InChI is InChI=1S/C12H20N2O3/c1-9-2-4-14(5-3-9)11-8-10(17-13-11)12-15-6-7-16-12/h9-10,12H,2-8H2,1H3. The summed E-state index contributed by atoms with van der Waals surface area (Å²) < 4.78 is 10.9. The number of hydrogen-bond donors (Lipinski definition) is 0. The van der Waals surface area contributed by atoms with E-state index in [9.17, 15) is 0 Å². The molecule has 3 aliphatic heterocycles. The molecule has 2 fully saturated rings. The molecule has 0 bridgehead atoms. The number of oxime groups is 1. The summed E-state index contributed by atoms with van der Waals surface area (Å²) in [6.07, 6.45) is 3.05. The predicted molar refractivity (Wildman–Crippen MR) is 62.6 cm³/mol. The highest BCUT2D eigenvalue weighted by Gasteiger charge is 2.36. The van der Waals surface area contributed by atoms with Crippen LogP contribution in [0.5, 0.6) is 0 Å². The Morgan fingerprint density at radius 3 is 2.59 bits per heavy atom. The molecule has 3 rings (SSSR count). The second-order valence-electron chi connectivity index (χ2n) is 5.14. The van der Waals surface area contributed by atoms with Gasteiger partial charge in [0.25, 0.3) is 0 Å². The van der Waals surface area contributed by atoms with E-state index in [0.29, 0.717) is 13.2 Å². The topological polar surface area (TPSA) is 43.3 Å². The van der Waals surface area contributed by atoms with E-state index in [-0.39, 0.29) is 12.4 Å². The lowest BCUT2D eigenvalue weighted by atomic mass is 9.99. The Hall–Kier alpha value is -0.810. The Morgan fingerprint density at radius 1 is 1.18 bits per heavy atom. The number of piperidine rings is 1. The molecule has 0 amide bonds. The molecule has 0 aromatic carbocycles. The van der Waals surface area contributed by atoms with Gasteiger partial charge in [-0.25, -0.2) is 0 Å². The molecule has 1 atom stereocenters. The average Bonchev–Trinajstić information content (AvgIpc) is 3.00. The van der Waals surface area contributed by atoms with Gasteiger partial charge in [-0.15, -0.1) is 0 Å². The Bertz CT molecular complexity index is 294. The van der Waals surface area contributed by atoms with Gasteiger partial charge in [-0.1, -0.05) is 12.1 Å². The minimum absolute atomic E-state index is 0.0492. The van der Waals surface area contributed by atoms with Crippen LogP contribution in [0.3, 0.4) is 0 Å². The van der Waals surface area contributed by atoms with Crippen molar-refractivity contribution in [3.63, 3.8) is 0 Å². The van der Waals surface area contributed by atoms with Gasteiger partial charge in [0, 0.05) is 13.1 Å². The number of hydrogen-bond acceptors (Lipinski definition) is 5. The summed E-state index contributed by atoms with van der Waals surface area (Å²) in [4.78, 5) is 7.77. The molecule has 0 spiro atoms. The van der Waals surface area contributed by atoms with Crippen LogP contribution < -0.4 is 0 Å². The van der Waals surface area contributed by atoms with Crippen LogP contribution in [0.1, 0.15) is 26.2 Å². The lowest BCUT2D eigenvalue weighted by molar-refractivity contribution is -0.132. The Morgan fingerprint density at radius 2 is 1.88 bits per heavy atom. The second kappa shape index (κ2) is 4.82. The van der Waals surface area contributed by atoms with Crippen LogP contribution in [0.25, 0.3) is 0 Å². The first-order valence-corrected chi connectivity index (χ1v) is 6.54. The van der Waals surface area contributed by atoms with Crippen LogP contribution >= 0.6 is 0 Å². The van der Waals surface area contributed by atoms with Crippen LogP contribution in [0.15, 0.2) is 5.16 Å². The zero-order valence-electron chi connectivity index (χ0n) is 10.3. The van der Waals surface area contributed by atoms with E-state index in [2.05, 4.69) is 17.0 Å². The van der Waals surface area contributed by atoms with Gasteiger partial charge >= 0.3 is 0 Å². The molecule has 5 heteroatoms. The molecular formula is C12H20N2O3. The molecule has 96 valence electrons. The largest absolute Gasteiger partial charge is 0.385 e. The third kappa shape index (κ3) is 2.40. The van der Waals surface area contributed by atoms with Crippen molar-refractivity contribution in [2.45, 2.75) is 38.6 Å². The van der Waals surface area contributed by atoms with Crippen molar-refractivity contribution < 1.29 is 14.3 Å². The fourth-order valence-electron chi connectivity index (χ4n) is 2.57. The van der Waals surface area contributed by atoms with E-state index in [4.69, 9.17) is 14.3 Å². The van der Waals surface area contributed by atoms with E-state index < -0.39 is 0 Å². The van der Waals surface area contributed by atoms with Gasteiger partial charge in [-0.05, 0) is 18.8 Å². The van der Waals surface area contributed by atoms with Crippen LogP contribution in [-0.2, 0) is 14.3 Å². The molecule has 1 unspecified atom stereocenters. The summed E-state index contributed by atoms with van der Waals surface area (Å²) in [6.45, 7) is 5.85. The lowest BCUT2D eigenvalue weighted by Gasteiger charge is -2.31. The first-order valence-electron chi connectivity index (χ1n) is 6.54. The average molecular weight is 240 g/mol. The first-order chi connectivity index (χ1) is 8.33. The minimum Gasteiger partial charge on any atom is -0.385 e. The number of ether oxygens (including phenoxy) is 2. The van der Waals surface area contributed by atoms with E-state index in [0.717, 1.165) is 31.3 Å².